The number of nitrogens with one attached hydrogen (secondary N) is 1. The van der Waals surface area contributed by atoms with Crippen LogP contribution in [0.2, 0.25) is 0 Å². The van der Waals surface area contributed by atoms with Gasteiger partial charge in [0.25, 0.3) is 0 Å². The molecule has 0 fully saturated rings. The summed E-state index contributed by atoms with van der Waals surface area (Å²) in [5.41, 5.74) is 3.40. The molecular weight excluding hydrogens is 450 g/mol. The van der Waals surface area contributed by atoms with Gasteiger partial charge >= 0.3 is 178 Å². The van der Waals surface area contributed by atoms with Crippen molar-refractivity contribution in [1.29, 1.82) is 0 Å². The van der Waals surface area contributed by atoms with Gasteiger partial charge < -0.3 is 0 Å². The van der Waals surface area contributed by atoms with E-state index in [1.54, 1.807) is 27.2 Å². The zero-order valence-electron chi connectivity index (χ0n) is 16.3. The van der Waals surface area contributed by atoms with Crippen LogP contribution < -0.4 is 9.47 Å². The summed E-state index contributed by atoms with van der Waals surface area (Å²) in [5.74, 6) is 2.19. The van der Waals surface area contributed by atoms with Crippen LogP contribution in [0.25, 0.3) is 21.8 Å². The first-order valence-electron chi connectivity index (χ1n) is 9.03. The van der Waals surface area contributed by atoms with Crippen molar-refractivity contribution >= 4 is 27.6 Å². The quantitative estimate of drug-likeness (QED) is 0.353. The molecule has 29 heavy (non-hydrogen) atoms. The Hall–Kier alpha value is -2.85. The number of aromatic nitrogens is 3. The number of H-pyrrole nitrogens is 1. The average molecular weight is 469 g/mol. The number of carbonyl (C=O) groups is 1. The van der Waals surface area contributed by atoms with Crippen molar-refractivity contribution in [3.8, 4) is 11.5 Å². The van der Waals surface area contributed by atoms with Crippen molar-refractivity contribution < 1.29 is 33.6 Å². The fourth-order valence-electron chi connectivity index (χ4n) is 3.28. The van der Waals surface area contributed by atoms with Crippen LogP contribution in [-0.4, -0.2) is 35.0 Å². The number of rotatable bonds is 5. The molecule has 6 nitrogen and oxygen atoms in total. The number of hydrogen-bond acceptors (Lipinski definition) is 5. The molecule has 1 N–H and O–H groups in total. The molecule has 0 radical (unpaired) electrons. The van der Waals surface area contributed by atoms with E-state index in [2.05, 4.69) is 16.0 Å². The number of aromatic amines is 1. The van der Waals surface area contributed by atoms with Gasteiger partial charge in [0.2, 0.25) is 0 Å². The Morgan fingerprint density at radius 1 is 1.07 bits per heavy atom. The van der Waals surface area contributed by atoms with Gasteiger partial charge in [-0.2, -0.15) is 0 Å². The number of methoxy groups -OCH3 is 2. The first kappa shape index (κ1) is 19.5. The molecule has 0 aliphatic carbocycles. The van der Waals surface area contributed by atoms with Crippen LogP contribution in [0, 0.1) is 3.67 Å². The molecule has 2 aromatic carbocycles. The molecule has 0 saturated heterocycles. The van der Waals surface area contributed by atoms with E-state index in [-0.39, 0.29) is 5.78 Å². The molecule has 0 bridgehead atoms. The van der Waals surface area contributed by atoms with Crippen LogP contribution in [0.1, 0.15) is 28.7 Å². The molecule has 0 spiro atoms. The molecule has 0 aliphatic heterocycles. The van der Waals surface area contributed by atoms with Gasteiger partial charge in [0.15, 0.2) is 0 Å². The summed E-state index contributed by atoms with van der Waals surface area (Å²) >= 11 is 1.93. The third kappa shape index (κ3) is 3.85. The number of benzene rings is 2. The fourth-order valence-corrected chi connectivity index (χ4v) is 3.98. The Morgan fingerprint density at radius 2 is 1.83 bits per heavy atom. The van der Waals surface area contributed by atoms with E-state index >= 15 is 0 Å². The topological polar surface area (TPSA) is 77.1 Å². The van der Waals surface area contributed by atoms with Gasteiger partial charge in [-0.25, -0.2) is 0 Å². The second kappa shape index (κ2) is 7.88. The van der Waals surface area contributed by atoms with Gasteiger partial charge in [-0.15, -0.1) is 0 Å². The average Bonchev–Trinajstić information content (AvgIpc) is 2.72. The second-order valence-electron chi connectivity index (χ2n) is 6.72. The molecule has 0 amide bonds. The Labute approximate surface area is 178 Å². The molecule has 146 valence electrons. The second-order valence-corrected chi connectivity index (χ2v) is 7.72. The summed E-state index contributed by atoms with van der Waals surface area (Å²) in [6.45, 7) is 1.57. The predicted molar refractivity (Wildman–Crippen MR) is 107 cm³/mol. The molecule has 0 aliphatic rings. The van der Waals surface area contributed by atoms with E-state index in [0.29, 0.717) is 23.5 Å². The van der Waals surface area contributed by atoms with Gasteiger partial charge in [-0.3, -0.25) is 0 Å². The summed E-state index contributed by atoms with van der Waals surface area (Å²) in [7, 11) is 3.23. The summed E-state index contributed by atoms with van der Waals surface area (Å²) < 4.78 is 11.8. The zero-order valence-corrected chi connectivity index (χ0v) is 18.3. The van der Waals surface area contributed by atoms with Crippen LogP contribution in [0.15, 0.2) is 42.6 Å². The van der Waals surface area contributed by atoms with Crippen molar-refractivity contribution in [3.63, 3.8) is 0 Å². The number of hydrogen-bond donors (Lipinski definition) is 1. The number of fused-ring (bicyclic) bond motifs is 2. The van der Waals surface area contributed by atoms with Gasteiger partial charge in [-0.05, 0) is 0 Å². The minimum atomic E-state index is 0.0437. The monoisotopic (exact) mass is 471 g/mol. The molecule has 0 unspecified atom stereocenters. The van der Waals surface area contributed by atoms with Crippen molar-refractivity contribution in [2.75, 3.05) is 14.2 Å². The minimum absolute atomic E-state index is 0.0437. The summed E-state index contributed by atoms with van der Waals surface area (Å²) in [6.07, 6.45) is 2.44. The predicted octanol–water partition coefficient (Wildman–Crippen LogP) is 4.00. The first-order chi connectivity index (χ1) is 14.0. The van der Waals surface area contributed by atoms with E-state index in [4.69, 9.17) is 14.5 Å². The SMILES string of the molecule is COc1cc2nc(Cc3cnc4ccc(C(C)=O)cc4c3)[nH][c](=[Mo])c2cc1OC. The first-order valence-corrected chi connectivity index (χ1v) is 10.0. The van der Waals surface area contributed by atoms with Crippen LogP contribution in [0.3, 0.4) is 0 Å². The Balaban J connectivity index is 1.75. The zero-order chi connectivity index (χ0) is 20.5. The third-order valence-electron chi connectivity index (χ3n) is 4.78. The maximum atomic E-state index is 11.7. The van der Waals surface area contributed by atoms with Gasteiger partial charge in [0.1, 0.15) is 0 Å². The number of nitrogens with zero attached hydrogens (tertiary/aromatic N) is 2. The number of ketones is 1. The summed E-state index contributed by atoms with van der Waals surface area (Å²) in [6, 6.07) is 11.4. The molecule has 0 saturated carbocycles. The normalized spacial score (nSPS) is 11.0. The van der Waals surface area contributed by atoms with Crippen LogP contribution in [0.4, 0.5) is 0 Å². The van der Waals surface area contributed by atoms with Gasteiger partial charge in [0.05, 0.1) is 0 Å². The van der Waals surface area contributed by atoms with Crippen LogP contribution >= 0.6 is 0 Å². The number of pyridine rings is 1. The van der Waals surface area contributed by atoms with Crippen molar-refractivity contribution in [1.82, 2.24) is 15.0 Å². The van der Waals surface area contributed by atoms with Crippen LogP contribution in [0.5, 0.6) is 11.5 Å². The van der Waals surface area contributed by atoms with Crippen LogP contribution in [-0.2, 0) is 25.8 Å². The molecule has 4 rings (SSSR count). The maximum absolute atomic E-state index is 11.7. The van der Waals surface area contributed by atoms with Gasteiger partial charge in [-0.1, -0.05) is 0 Å². The third-order valence-corrected chi connectivity index (χ3v) is 5.57. The van der Waals surface area contributed by atoms with E-state index in [0.717, 1.165) is 36.9 Å². The summed E-state index contributed by atoms with van der Waals surface area (Å²) in [4.78, 5) is 24.3. The Kier molecular flexibility index (Phi) is 5.29. The Bertz CT molecular complexity index is 1310. The van der Waals surface area contributed by atoms with Gasteiger partial charge in [0, 0.05) is 0 Å². The standard InChI is InChI=1S/C22H19N3O3.Mo/c1-13(26)15-4-5-18-16(8-15)6-14(11-23-18)7-22-24-12-17-9-20(27-2)21(28-3)10-19(17)25-22;/h4-6,8-11H,7H2,1-3H3,(H,24,25);. The van der Waals surface area contributed by atoms with E-state index < -0.39 is 0 Å². The molecule has 2 heterocycles. The Morgan fingerprint density at radius 3 is 2.55 bits per heavy atom. The molecule has 4 aromatic rings. The number of ether oxygens (including phenoxy) is 2. The summed E-state index contributed by atoms with van der Waals surface area (Å²) in [5, 5.41) is 1.93. The molecule has 7 heteroatoms. The van der Waals surface area contributed by atoms with Crippen molar-refractivity contribution in [2.45, 2.75) is 13.3 Å². The molecule has 0 atom stereocenters. The molecule has 2 aromatic heterocycles. The van der Waals surface area contributed by atoms with E-state index in [9.17, 15) is 4.79 Å². The number of Topliss-reactive ketones (excluding diaryl/α,β-unsaturated/α-hetero) is 1. The van der Waals surface area contributed by atoms with E-state index in [1.165, 1.54) is 0 Å². The van der Waals surface area contributed by atoms with Crippen molar-refractivity contribution in [2.24, 2.45) is 0 Å². The fraction of sp³-hybridized carbons (Fsp3) is 0.182. The van der Waals surface area contributed by atoms with Crippen molar-refractivity contribution in [3.05, 3.63) is 63.2 Å². The number of carbonyl (C=O) groups excluding carboxylic acids is 1. The molecular formula is C22H19MoN3O3. The van der Waals surface area contributed by atoms with E-state index in [1.807, 2.05) is 49.8 Å².